The maximum atomic E-state index is 5.40. The van der Waals surface area contributed by atoms with Crippen LogP contribution in [0, 0.1) is 0 Å². The molecule has 3 rings (SSSR count). The van der Waals surface area contributed by atoms with Crippen molar-refractivity contribution in [2.45, 2.75) is 64.7 Å². The molecule has 0 amide bonds. The van der Waals surface area contributed by atoms with Gasteiger partial charge in [-0.25, -0.2) is 4.98 Å². The minimum Gasteiger partial charge on any atom is -0.339 e. The van der Waals surface area contributed by atoms with Gasteiger partial charge < -0.3 is 9.09 Å². The highest BCUT2D eigenvalue weighted by atomic mass is 16.5. The molecule has 1 aromatic carbocycles. The molecular formula is C21H28N4O. The van der Waals surface area contributed by atoms with Gasteiger partial charge in [0.2, 0.25) is 11.7 Å². The Labute approximate surface area is 155 Å². The van der Waals surface area contributed by atoms with Crippen molar-refractivity contribution in [2.24, 2.45) is 0 Å². The number of nitrogens with zero attached hydrogens (tertiary/aromatic N) is 4. The topological polar surface area (TPSA) is 56.7 Å². The quantitative estimate of drug-likeness (QED) is 0.421. The summed E-state index contributed by atoms with van der Waals surface area (Å²) in [4.78, 5) is 8.60. The van der Waals surface area contributed by atoms with E-state index in [1.165, 1.54) is 44.9 Å². The van der Waals surface area contributed by atoms with Gasteiger partial charge >= 0.3 is 0 Å². The van der Waals surface area contributed by atoms with E-state index in [1.54, 1.807) is 12.5 Å². The lowest BCUT2D eigenvalue weighted by molar-refractivity contribution is 0.373. The molecule has 0 spiro atoms. The van der Waals surface area contributed by atoms with Gasteiger partial charge in [-0.1, -0.05) is 57.0 Å². The predicted molar refractivity (Wildman–Crippen MR) is 103 cm³/mol. The van der Waals surface area contributed by atoms with Crippen LogP contribution in [0.5, 0.6) is 0 Å². The van der Waals surface area contributed by atoms with Gasteiger partial charge in [0, 0.05) is 30.1 Å². The van der Waals surface area contributed by atoms with Gasteiger partial charge in [0.05, 0.1) is 6.33 Å². The highest BCUT2D eigenvalue weighted by Crippen LogP contribution is 2.19. The molecule has 0 saturated heterocycles. The molecule has 0 saturated carbocycles. The van der Waals surface area contributed by atoms with Gasteiger partial charge in [-0.05, 0) is 30.7 Å². The van der Waals surface area contributed by atoms with Crippen molar-refractivity contribution >= 4 is 0 Å². The van der Waals surface area contributed by atoms with E-state index in [1.807, 2.05) is 35.0 Å². The van der Waals surface area contributed by atoms with Crippen LogP contribution in [0.2, 0.25) is 0 Å². The van der Waals surface area contributed by atoms with E-state index in [4.69, 9.17) is 4.52 Å². The monoisotopic (exact) mass is 352 g/mol. The van der Waals surface area contributed by atoms with Crippen LogP contribution in [0.15, 0.2) is 47.5 Å². The lowest BCUT2D eigenvalue weighted by atomic mass is 10.1. The summed E-state index contributed by atoms with van der Waals surface area (Å²) < 4.78 is 7.37. The first-order valence-corrected chi connectivity index (χ1v) is 9.78. The van der Waals surface area contributed by atoms with Gasteiger partial charge in [0.1, 0.15) is 0 Å². The Morgan fingerprint density at radius 1 is 0.923 bits per heavy atom. The van der Waals surface area contributed by atoms with Crippen molar-refractivity contribution < 1.29 is 4.52 Å². The molecule has 138 valence electrons. The van der Waals surface area contributed by atoms with Gasteiger partial charge in [-0.2, -0.15) is 4.98 Å². The molecule has 0 fully saturated rings. The number of hydrogen-bond acceptors (Lipinski definition) is 4. The number of aromatic nitrogens is 4. The van der Waals surface area contributed by atoms with Crippen LogP contribution >= 0.6 is 0 Å². The first kappa shape index (κ1) is 18.4. The molecule has 5 heteroatoms. The summed E-state index contributed by atoms with van der Waals surface area (Å²) in [5.41, 5.74) is 2.04. The molecule has 2 heterocycles. The van der Waals surface area contributed by atoms with Crippen molar-refractivity contribution in [3.05, 3.63) is 48.9 Å². The normalized spacial score (nSPS) is 11.1. The third kappa shape index (κ3) is 5.28. The van der Waals surface area contributed by atoms with E-state index < -0.39 is 0 Å². The molecule has 0 aliphatic rings. The van der Waals surface area contributed by atoms with E-state index in [2.05, 4.69) is 22.0 Å². The smallest absolute Gasteiger partial charge is 0.226 e. The average molecular weight is 352 g/mol. The van der Waals surface area contributed by atoms with E-state index >= 15 is 0 Å². The van der Waals surface area contributed by atoms with Gasteiger partial charge in [-0.3, -0.25) is 0 Å². The van der Waals surface area contributed by atoms with Crippen molar-refractivity contribution in [3.63, 3.8) is 0 Å². The van der Waals surface area contributed by atoms with E-state index in [0.717, 1.165) is 30.0 Å². The number of imidazole rings is 1. The largest absolute Gasteiger partial charge is 0.339 e. The molecule has 0 aliphatic heterocycles. The first-order chi connectivity index (χ1) is 12.9. The number of hydrogen-bond donors (Lipinski definition) is 0. The highest BCUT2D eigenvalue weighted by molar-refractivity contribution is 5.56. The van der Waals surface area contributed by atoms with Crippen LogP contribution in [0.25, 0.3) is 17.1 Å². The highest BCUT2D eigenvalue weighted by Gasteiger charge is 2.08. The summed E-state index contributed by atoms with van der Waals surface area (Å²) in [7, 11) is 0. The predicted octanol–water partition coefficient (Wildman–Crippen LogP) is 5.61. The Bertz CT molecular complexity index is 747. The second-order valence-corrected chi connectivity index (χ2v) is 6.75. The van der Waals surface area contributed by atoms with E-state index in [9.17, 15) is 0 Å². The summed E-state index contributed by atoms with van der Waals surface area (Å²) in [5, 5.41) is 4.12. The average Bonchev–Trinajstić information content (AvgIpc) is 3.36. The Hall–Kier alpha value is -2.43. The van der Waals surface area contributed by atoms with Crippen LogP contribution in [0.3, 0.4) is 0 Å². The molecule has 0 aliphatic carbocycles. The Balaban J connectivity index is 1.43. The number of aryl methyl sites for hydroxylation is 1. The first-order valence-electron chi connectivity index (χ1n) is 9.78. The lowest BCUT2D eigenvalue weighted by Crippen LogP contribution is -1.90. The van der Waals surface area contributed by atoms with Crippen molar-refractivity contribution in [1.82, 2.24) is 19.7 Å². The van der Waals surface area contributed by atoms with E-state index in [-0.39, 0.29) is 0 Å². The second kappa shape index (κ2) is 9.90. The Morgan fingerprint density at radius 3 is 2.35 bits per heavy atom. The fourth-order valence-corrected chi connectivity index (χ4v) is 3.08. The van der Waals surface area contributed by atoms with Crippen molar-refractivity contribution in [3.8, 4) is 17.1 Å². The second-order valence-electron chi connectivity index (χ2n) is 6.75. The maximum Gasteiger partial charge on any atom is 0.226 e. The molecule has 0 N–H and O–H groups in total. The third-order valence-corrected chi connectivity index (χ3v) is 4.64. The molecule has 2 aromatic heterocycles. The molecule has 0 unspecified atom stereocenters. The summed E-state index contributed by atoms with van der Waals surface area (Å²) in [6.45, 7) is 2.26. The maximum absolute atomic E-state index is 5.40. The van der Waals surface area contributed by atoms with Crippen molar-refractivity contribution in [2.75, 3.05) is 0 Å². The van der Waals surface area contributed by atoms with Crippen molar-refractivity contribution in [1.29, 1.82) is 0 Å². The lowest BCUT2D eigenvalue weighted by Gasteiger charge is -2.02. The summed E-state index contributed by atoms with van der Waals surface area (Å²) in [6, 6.07) is 8.09. The molecular weight excluding hydrogens is 324 g/mol. The number of benzene rings is 1. The Kier molecular flexibility index (Phi) is 6.99. The molecule has 5 nitrogen and oxygen atoms in total. The third-order valence-electron chi connectivity index (χ3n) is 4.64. The zero-order valence-electron chi connectivity index (χ0n) is 15.6. The zero-order chi connectivity index (χ0) is 18.0. The summed E-state index contributed by atoms with van der Waals surface area (Å²) >= 11 is 0. The minimum absolute atomic E-state index is 0.664. The molecule has 0 atom stereocenters. The fourth-order valence-electron chi connectivity index (χ4n) is 3.08. The summed E-state index contributed by atoms with van der Waals surface area (Å²) in [6.07, 6.45) is 16.8. The minimum atomic E-state index is 0.664. The fraction of sp³-hybridized carbons (Fsp3) is 0.476. The zero-order valence-corrected chi connectivity index (χ0v) is 15.6. The van der Waals surface area contributed by atoms with E-state index in [0.29, 0.717) is 5.82 Å². The van der Waals surface area contributed by atoms with Gasteiger partial charge in [0.15, 0.2) is 0 Å². The standard InChI is InChI=1S/C21H28N4O/c1-2-3-4-5-6-7-8-9-10-20-23-21(24-26-20)18-11-13-19(14-12-18)25-16-15-22-17-25/h11-17H,2-10H2,1H3. The van der Waals surface area contributed by atoms with Crippen LogP contribution in [-0.2, 0) is 6.42 Å². The Morgan fingerprint density at radius 2 is 1.65 bits per heavy atom. The molecule has 0 radical (unpaired) electrons. The van der Waals surface area contributed by atoms with Crippen LogP contribution in [0.4, 0.5) is 0 Å². The summed E-state index contributed by atoms with van der Waals surface area (Å²) in [5.74, 6) is 1.40. The molecule has 0 bridgehead atoms. The number of rotatable bonds is 11. The van der Waals surface area contributed by atoms with Gasteiger partial charge in [0.25, 0.3) is 0 Å². The SMILES string of the molecule is CCCCCCCCCCc1nc(-c2ccc(-n3ccnc3)cc2)no1. The van der Waals surface area contributed by atoms with Crippen LogP contribution in [0.1, 0.15) is 64.2 Å². The van der Waals surface area contributed by atoms with Crippen LogP contribution in [-0.4, -0.2) is 19.7 Å². The van der Waals surface area contributed by atoms with Gasteiger partial charge in [-0.15, -0.1) is 0 Å². The molecule has 3 aromatic rings. The van der Waals surface area contributed by atoms with Crippen LogP contribution < -0.4 is 0 Å². The number of unbranched alkanes of at least 4 members (excludes halogenated alkanes) is 7. The molecule has 26 heavy (non-hydrogen) atoms.